The van der Waals surface area contributed by atoms with Gasteiger partial charge >= 0.3 is 0 Å². The van der Waals surface area contributed by atoms with Gasteiger partial charge in [-0.1, -0.05) is 66.0 Å². The Kier molecular flexibility index (Phi) is 7.25. The predicted molar refractivity (Wildman–Crippen MR) is 134 cm³/mol. The number of rotatable bonds is 7. The van der Waals surface area contributed by atoms with E-state index in [-0.39, 0.29) is 12.2 Å². The van der Waals surface area contributed by atoms with E-state index >= 15 is 0 Å². The molecule has 0 bridgehead atoms. The van der Waals surface area contributed by atoms with Gasteiger partial charge in [-0.25, -0.2) is 0 Å². The molecule has 0 aromatic carbocycles. The molecule has 4 aliphatic carbocycles. The summed E-state index contributed by atoms with van der Waals surface area (Å²) in [5, 5.41) is 21.6. The van der Waals surface area contributed by atoms with Crippen LogP contribution in [0.3, 0.4) is 0 Å². The van der Waals surface area contributed by atoms with Crippen molar-refractivity contribution in [1.82, 2.24) is 0 Å². The molecule has 0 saturated heterocycles. The number of allylic oxidation sites excluding steroid dienone is 1. The van der Waals surface area contributed by atoms with Crippen LogP contribution < -0.4 is 0 Å². The fraction of sp³-hybridized carbons (Fsp3) is 0.933. The number of hydrogen-bond acceptors (Lipinski definition) is 2. The number of hydrogen-bond donors (Lipinski definition) is 2. The summed E-state index contributed by atoms with van der Waals surface area (Å²) in [5.74, 6) is 4.84. The molecule has 3 unspecified atom stereocenters. The second-order valence-corrected chi connectivity index (χ2v) is 13.3. The first-order valence-electron chi connectivity index (χ1n) is 14.2. The molecule has 2 N–H and O–H groups in total. The van der Waals surface area contributed by atoms with Crippen LogP contribution in [0.2, 0.25) is 0 Å². The van der Waals surface area contributed by atoms with Gasteiger partial charge in [0, 0.05) is 0 Å². The lowest BCUT2D eigenvalue weighted by Gasteiger charge is -2.58. The molecule has 4 aliphatic rings. The van der Waals surface area contributed by atoms with Crippen LogP contribution in [0.1, 0.15) is 112 Å². The molecule has 0 amide bonds. The average Bonchev–Trinajstić information content (AvgIpc) is 3.10. The maximum Gasteiger partial charge on any atom is 0.0577 e. The van der Waals surface area contributed by atoms with Crippen molar-refractivity contribution in [2.45, 2.75) is 124 Å². The highest BCUT2D eigenvalue weighted by Crippen LogP contribution is 2.67. The lowest BCUT2D eigenvalue weighted by atomic mass is 9.47. The Balaban J connectivity index is 1.49. The highest BCUT2D eigenvalue weighted by molar-refractivity contribution is 5.25. The van der Waals surface area contributed by atoms with Crippen molar-refractivity contribution >= 4 is 0 Å². The van der Waals surface area contributed by atoms with E-state index in [0.29, 0.717) is 34.5 Å². The molecule has 2 heteroatoms. The lowest BCUT2D eigenvalue weighted by Crippen LogP contribution is -2.51. The molecule has 32 heavy (non-hydrogen) atoms. The van der Waals surface area contributed by atoms with Gasteiger partial charge in [-0.2, -0.15) is 0 Å². The van der Waals surface area contributed by atoms with Crippen LogP contribution in [-0.2, 0) is 0 Å². The van der Waals surface area contributed by atoms with Gasteiger partial charge in [0.25, 0.3) is 0 Å². The second kappa shape index (κ2) is 9.37. The summed E-state index contributed by atoms with van der Waals surface area (Å²) in [6.07, 6.45) is 15.4. The minimum absolute atomic E-state index is 0.111. The van der Waals surface area contributed by atoms with Crippen molar-refractivity contribution in [1.29, 1.82) is 0 Å². The van der Waals surface area contributed by atoms with Crippen molar-refractivity contribution in [2.24, 2.45) is 52.3 Å². The summed E-state index contributed by atoms with van der Waals surface area (Å²) in [4.78, 5) is 0. The zero-order chi connectivity index (χ0) is 23.3. The predicted octanol–water partition coefficient (Wildman–Crippen LogP) is 7.39. The van der Waals surface area contributed by atoms with Crippen LogP contribution in [0.15, 0.2) is 11.6 Å². The Morgan fingerprint density at radius 2 is 1.78 bits per heavy atom. The molecule has 184 valence electrons. The summed E-state index contributed by atoms with van der Waals surface area (Å²) in [5.41, 5.74) is 2.31. The van der Waals surface area contributed by atoms with Gasteiger partial charge in [0.1, 0.15) is 0 Å². The quantitative estimate of drug-likeness (QED) is 0.402. The fourth-order valence-electron chi connectivity index (χ4n) is 9.43. The van der Waals surface area contributed by atoms with Crippen LogP contribution in [0.4, 0.5) is 0 Å². The largest absolute Gasteiger partial charge is 0.393 e. The summed E-state index contributed by atoms with van der Waals surface area (Å²) >= 11 is 0. The van der Waals surface area contributed by atoms with Gasteiger partial charge in [0.15, 0.2) is 0 Å². The van der Waals surface area contributed by atoms with E-state index in [4.69, 9.17) is 0 Å². The van der Waals surface area contributed by atoms with E-state index in [0.717, 1.165) is 37.0 Å². The third-order valence-corrected chi connectivity index (χ3v) is 11.5. The van der Waals surface area contributed by atoms with Crippen LogP contribution >= 0.6 is 0 Å². The molecule has 3 fully saturated rings. The normalized spacial score (nSPS) is 44.3. The van der Waals surface area contributed by atoms with E-state index in [2.05, 4.69) is 47.6 Å². The summed E-state index contributed by atoms with van der Waals surface area (Å²) < 4.78 is 0. The highest BCUT2D eigenvalue weighted by Gasteiger charge is 2.59. The maximum atomic E-state index is 11.3. The molecule has 0 aromatic heterocycles. The van der Waals surface area contributed by atoms with Gasteiger partial charge in [-0.3, -0.25) is 0 Å². The highest BCUT2D eigenvalue weighted by atomic mass is 16.3. The van der Waals surface area contributed by atoms with Gasteiger partial charge in [-0.15, -0.1) is 0 Å². The average molecular weight is 445 g/mol. The van der Waals surface area contributed by atoms with Crippen molar-refractivity contribution in [3.63, 3.8) is 0 Å². The second-order valence-electron chi connectivity index (χ2n) is 13.3. The Morgan fingerprint density at radius 3 is 2.47 bits per heavy atom. The Hall–Kier alpha value is -0.340. The van der Waals surface area contributed by atoms with Crippen LogP contribution in [0, 0.1) is 52.3 Å². The summed E-state index contributed by atoms with van der Waals surface area (Å²) in [7, 11) is 0. The van der Waals surface area contributed by atoms with E-state index in [9.17, 15) is 10.2 Å². The molecule has 0 heterocycles. The standard InChI is InChI=1S/C30H52O2/c1-7-8-21(19(2)3)17-28(32)20(4)25-11-12-26-24-10-9-22-18-23(31)13-15-29(22,5)27(24)14-16-30(25,26)6/h9,19-21,23-28,31-32H,7-8,10-18H2,1-6H3/t20-,21+,23-,24?,25+,26?,27?,28+,29-,30+/m0/s1. The minimum Gasteiger partial charge on any atom is -0.393 e. The van der Waals surface area contributed by atoms with Gasteiger partial charge in [0.05, 0.1) is 12.2 Å². The van der Waals surface area contributed by atoms with E-state index < -0.39 is 0 Å². The molecule has 10 atom stereocenters. The number of fused-ring (bicyclic) bond motifs is 5. The Bertz CT molecular complexity index is 682. The maximum absolute atomic E-state index is 11.3. The Morgan fingerprint density at radius 1 is 1.03 bits per heavy atom. The fourth-order valence-corrected chi connectivity index (χ4v) is 9.43. The zero-order valence-corrected chi connectivity index (χ0v) is 21.9. The van der Waals surface area contributed by atoms with Gasteiger partial charge < -0.3 is 10.2 Å². The lowest BCUT2D eigenvalue weighted by molar-refractivity contribution is -0.0696. The van der Waals surface area contributed by atoms with E-state index in [1.54, 1.807) is 5.57 Å². The van der Waals surface area contributed by atoms with Crippen LogP contribution in [0.25, 0.3) is 0 Å². The first-order valence-corrected chi connectivity index (χ1v) is 14.2. The van der Waals surface area contributed by atoms with Crippen molar-refractivity contribution in [3.05, 3.63) is 11.6 Å². The molecular formula is C30H52O2. The first-order chi connectivity index (χ1) is 15.1. The minimum atomic E-state index is -0.151. The molecule has 2 nitrogen and oxygen atoms in total. The third kappa shape index (κ3) is 4.15. The Labute approximate surface area is 198 Å². The van der Waals surface area contributed by atoms with Gasteiger partial charge in [0.2, 0.25) is 0 Å². The summed E-state index contributed by atoms with van der Waals surface area (Å²) in [6.45, 7) is 14.5. The third-order valence-electron chi connectivity index (χ3n) is 11.5. The molecule has 0 aliphatic heterocycles. The van der Waals surface area contributed by atoms with Crippen molar-refractivity contribution in [3.8, 4) is 0 Å². The molecule has 4 rings (SSSR count). The van der Waals surface area contributed by atoms with E-state index in [1.807, 2.05) is 0 Å². The summed E-state index contributed by atoms with van der Waals surface area (Å²) in [6, 6.07) is 0. The SMILES string of the molecule is CCC[C@H](C[C@@H](O)[C@@H](C)[C@H]1CCC2C3CC=C4C[C@@H](O)CC[C@]4(C)C3CC[C@@]21C)C(C)C. The molecule has 0 aromatic rings. The number of aliphatic hydroxyl groups excluding tert-OH is 2. The van der Waals surface area contributed by atoms with Gasteiger partial charge in [-0.05, 0) is 110 Å². The van der Waals surface area contributed by atoms with Crippen LogP contribution in [-0.4, -0.2) is 22.4 Å². The molecular weight excluding hydrogens is 392 g/mol. The number of aliphatic hydroxyl groups is 2. The zero-order valence-electron chi connectivity index (χ0n) is 21.9. The first kappa shape index (κ1) is 24.8. The molecule has 3 saturated carbocycles. The van der Waals surface area contributed by atoms with Crippen molar-refractivity contribution in [2.75, 3.05) is 0 Å². The molecule has 0 spiro atoms. The van der Waals surface area contributed by atoms with Crippen LogP contribution in [0.5, 0.6) is 0 Å². The monoisotopic (exact) mass is 444 g/mol. The molecule has 0 radical (unpaired) electrons. The van der Waals surface area contributed by atoms with E-state index in [1.165, 1.54) is 51.4 Å². The smallest absolute Gasteiger partial charge is 0.0577 e. The topological polar surface area (TPSA) is 40.5 Å². The van der Waals surface area contributed by atoms with Crippen molar-refractivity contribution < 1.29 is 10.2 Å².